The molecule has 20 heavy (non-hydrogen) atoms. The molecule has 0 aromatic heterocycles. The molecule has 1 aromatic carbocycles. The minimum atomic E-state index is 0.261. The lowest BCUT2D eigenvalue weighted by atomic mass is 10.1. The highest BCUT2D eigenvalue weighted by Crippen LogP contribution is 2.35. The van der Waals surface area contributed by atoms with Gasteiger partial charge in [0.15, 0.2) is 0 Å². The summed E-state index contributed by atoms with van der Waals surface area (Å²) >= 11 is 6.94. The summed E-state index contributed by atoms with van der Waals surface area (Å²) in [6, 6.07) is 6.75. The van der Waals surface area contributed by atoms with E-state index in [-0.39, 0.29) is 6.61 Å². The average Bonchev–Trinajstić information content (AvgIpc) is 2.92. The number of aliphatic hydroxyl groups excluding tert-OH is 1. The Kier molecular flexibility index (Phi) is 5.69. The van der Waals surface area contributed by atoms with Gasteiger partial charge in [0.2, 0.25) is 0 Å². The number of aliphatic hydroxyl groups is 1. The highest BCUT2D eigenvalue weighted by atomic mass is 32.2. The maximum atomic E-state index is 9.05. The third kappa shape index (κ3) is 3.27. The van der Waals surface area contributed by atoms with Gasteiger partial charge in [0.25, 0.3) is 0 Å². The first-order chi connectivity index (χ1) is 9.69. The fraction of sp³-hybridized carbons (Fsp3) is 0.533. The van der Waals surface area contributed by atoms with Crippen molar-refractivity contribution in [3.63, 3.8) is 0 Å². The van der Waals surface area contributed by atoms with Gasteiger partial charge in [-0.25, -0.2) is 0 Å². The molecule has 5 heteroatoms. The largest absolute Gasteiger partial charge is 0.396 e. The summed E-state index contributed by atoms with van der Waals surface area (Å²) in [5.74, 6) is 0. The van der Waals surface area contributed by atoms with Gasteiger partial charge in [0.1, 0.15) is 4.99 Å². The third-order valence-electron chi connectivity index (χ3n) is 3.85. The van der Waals surface area contributed by atoms with Crippen molar-refractivity contribution in [2.45, 2.75) is 36.6 Å². The van der Waals surface area contributed by atoms with Crippen LogP contribution < -0.4 is 10.6 Å². The molecule has 110 valence electrons. The van der Waals surface area contributed by atoms with Crippen LogP contribution in [0.4, 0.5) is 5.69 Å². The van der Waals surface area contributed by atoms with E-state index in [1.54, 1.807) is 11.8 Å². The number of benzene rings is 1. The predicted octanol–water partition coefficient (Wildman–Crippen LogP) is 2.78. The van der Waals surface area contributed by atoms with Gasteiger partial charge in [-0.15, -0.1) is 11.8 Å². The maximum absolute atomic E-state index is 9.05. The maximum Gasteiger partial charge on any atom is 0.107 e. The lowest BCUT2D eigenvalue weighted by molar-refractivity contribution is 0.279. The van der Waals surface area contributed by atoms with Gasteiger partial charge in [-0.2, -0.15) is 0 Å². The third-order valence-corrected chi connectivity index (χ3v) is 4.84. The lowest BCUT2D eigenvalue weighted by Gasteiger charge is -2.29. The smallest absolute Gasteiger partial charge is 0.107 e. The standard InChI is InChI=1S/C15H22N2OS2/c1-20-13-8-2-7-12(14(13)15(16)19)17-9-3-5-11(17)6-4-10-18/h2,7-8,11,18H,3-6,9-10H2,1H3,(H2,16,19). The monoisotopic (exact) mass is 310 g/mol. The number of thioether (sulfide) groups is 1. The summed E-state index contributed by atoms with van der Waals surface area (Å²) in [6.07, 6.45) is 6.30. The van der Waals surface area contributed by atoms with E-state index >= 15 is 0 Å². The first-order valence-corrected chi connectivity index (χ1v) is 8.66. The van der Waals surface area contributed by atoms with E-state index in [2.05, 4.69) is 23.1 Å². The second kappa shape index (κ2) is 7.29. The van der Waals surface area contributed by atoms with Crippen molar-refractivity contribution in [3.05, 3.63) is 23.8 Å². The zero-order valence-electron chi connectivity index (χ0n) is 11.8. The first-order valence-electron chi connectivity index (χ1n) is 7.03. The summed E-state index contributed by atoms with van der Waals surface area (Å²) in [4.78, 5) is 4.03. The molecule has 1 aromatic rings. The summed E-state index contributed by atoms with van der Waals surface area (Å²) in [5, 5.41) is 9.05. The van der Waals surface area contributed by atoms with E-state index in [0.717, 1.165) is 35.5 Å². The molecule has 0 spiro atoms. The first kappa shape index (κ1) is 15.6. The highest BCUT2D eigenvalue weighted by molar-refractivity contribution is 7.98. The molecule has 1 saturated heterocycles. The van der Waals surface area contributed by atoms with Gasteiger partial charge in [-0.1, -0.05) is 18.3 Å². The van der Waals surface area contributed by atoms with Gasteiger partial charge in [-0.3, -0.25) is 0 Å². The fourth-order valence-electron chi connectivity index (χ4n) is 2.96. The van der Waals surface area contributed by atoms with Crippen molar-refractivity contribution >= 4 is 34.7 Å². The van der Waals surface area contributed by atoms with Gasteiger partial charge < -0.3 is 15.7 Å². The van der Waals surface area contributed by atoms with Crippen molar-refractivity contribution in [1.29, 1.82) is 0 Å². The second-order valence-corrected chi connectivity index (χ2v) is 6.36. The van der Waals surface area contributed by atoms with Crippen LogP contribution in [-0.4, -0.2) is 35.5 Å². The van der Waals surface area contributed by atoms with Crippen LogP contribution in [0.15, 0.2) is 23.1 Å². The summed E-state index contributed by atoms with van der Waals surface area (Å²) < 4.78 is 0. The zero-order valence-corrected chi connectivity index (χ0v) is 13.5. The minimum absolute atomic E-state index is 0.261. The molecule has 3 N–H and O–H groups in total. The van der Waals surface area contributed by atoms with Crippen molar-refractivity contribution < 1.29 is 5.11 Å². The molecule has 1 aliphatic heterocycles. The van der Waals surface area contributed by atoms with Crippen molar-refractivity contribution in [3.8, 4) is 0 Å². The predicted molar refractivity (Wildman–Crippen MR) is 90.8 cm³/mol. The molecular formula is C15H22N2OS2. The van der Waals surface area contributed by atoms with Gasteiger partial charge in [0.05, 0.1) is 0 Å². The molecule has 0 amide bonds. The number of nitrogens with zero attached hydrogens (tertiary/aromatic N) is 1. The van der Waals surface area contributed by atoms with Crippen LogP contribution in [0.25, 0.3) is 0 Å². The highest BCUT2D eigenvalue weighted by Gasteiger charge is 2.27. The van der Waals surface area contributed by atoms with Crippen LogP contribution in [0.3, 0.4) is 0 Å². The SMILES string of the molecule is CSc1cccc(N2CCCC2CCCO)c1C(N)=S. The Hall–Kier alpha value is -0.780. The van der Waals surface area contributed by atoms with Crippen molar-refractivity contribution in [1.82, 2.24) is 0 Å². The summed E-state index contributed by atoms with van der Waals surface area (Å²) in [7, 11) is 0. The van der Waals surface area contributed by atoms with E-state index in [0.29, 0.717) is 11.0 Å². The Morgan fingerprint density at radius 3 is 3.00 bits per heavy atom. The van der Waals surface area contributed by atoms with Gasteiger partial charge in [-0.05, 0) is 44.1 Å². The van der Waals surface area contributed by atoms with E-state index < -0.39 is 0 Å². The van der Waals surface area contributed by atoms with Gasteiger partial charge >= 0.3 is 0 Å². The molecule has 1 unspecified atom stereocenters. The van der Waals surface area contributed by atoms with Crippen LogP contribution in [-0.2, 0) is 0 Å². The molecular weight excluding hydrogens is 288 g/mol. The molecule has 1 heterocycles. The van der Waals surface area contributed by atoms with E-state index in [4.69, 9.17) is 23.1 Å². The van der Waals surface area contributed by atoms with Crippen LogP contribution in [0, 0.1) is 0 Å². The lowest BCUT2D eigenvalue weighted by Crippen LogP contribution is -2.31. The molecule has 1 aliphatic rings. The summed E-state index contributed by atoms with van der Waals surface area (Å²) in [5.41, 5.74) is 8.12. The van der Waals surface area contributed by atoms with Crippen LogP contribution in [0.2, 0.25) is 0 Å². The molecule has 0 bridgehead atoms. The number of hydrogen-bond donors (Lipinski definition) is 2. The summed E-state index contributed by atoms with van der Waals surface area (Å²) in [6.45, 7) is 1.31. The second-order valence-electron chi connectivity index (χ2n) is 5.07. The Bertz CT molecular complexity index is 479. The number of anilines is 1. The quantitative estimate of drug-likeness (QED) is 0.625. The number of thiocarbonyl (C=S) groups is 1. The zero-order chi connectivity index (χ0) is 14.5. The van der Waals surface area contributed by atoms with E-state index in [1.165, 1.54) is 12.8 Å². The van der Waals surface area contributed by atoms with Crippen molar-refractivity contribution in [2.75, 3.05) is 24.3 Å². The Labute approximate surface area is 130 Å². The molecule has 0 aliphatic carbocycles. The Morgan fingerprint density at radius 2 is 2.35 bits per heavy atom. The fourth-order valence-corrected chi connectivity index (χ4v) is 3.87. The number of hydrogen-bond acceptors (Lipinski definition) is 4. The number of rotatable bonds is 6. The molecule has 0 radical (unpaired) electrons. The van der Waals surface area contributed by atoms with E-state index in [1.807, 2.05) is 6.26 Å². The molecule has 1 fully saturated rings. The topological polar surface area (TPSA) is 49.5 Å². The number of nitrogens with two attached hydrogens (primary N) is 1. The Balaban J connectivity index is 2.33. The van der Waals surface area contributed by atoms with Gasteiger partial charge in [0, 0.05) is 35.3 Å². The normalized spacial score (nSPS) is 18.5. The van der Waals surface area contributed by atoms with E-state index in [9.17, 15) is 0 Å². The van der Waals surface area contributed by atoms with Crippen LogP contribution in [0.5, 0.6) is 0 Å². The van der Waals surface area contributed by atoms with Crippen LogP contribution in [0.1, 0.15) is 31.2 Å². The Morgan fingerprint density at radius 1 is 1.55 bits per heavy atom. The van der Waals surface area contributed by atoms with Crippen LogP contribution >= 0.6 is 24.0 Å². The average molecular weight is 310 g/mol. The molecule has 2 rings (SSSR count). The minimum Gasteiger partial charge on any atom is -0.396 e. The molecule has 3 nitrogen and oxygen atoms in total. The molecule has 0 saturated carbocycles. The molecule has 1 atom stereocenters. The van der Waals surface area contributed by atoms with Crippen molar-refractivity contribution in [2.24, 2.45) is 5.73 Å².